The van der Waals surface area contributed by atoms with E-state index in [9.17, 15) is 9.59 Å². The van der Waals surface area contributed by atoms with Crippen molar-refractivity contribution in [3.63, 3.8) is 0 Å². The Morgan fingerprint density at radius 1 is 1.32 bits per heavy atom. The van der Waals surface area contributed by atoms with E-state index in [-0.39, 0.29) is 11.7 Å². The van der Waals surface area contributed by atoms with Crippen molar-refractivity contribution in [2.45, 2.75) is 18.7 Å². The fourth-order valence-corrected chi connectivity index (χ4v) is 4.19. The second-order valence-corrected chi connectivity index (χ2v) is 7.12. The van der Waals surface area contributed by atoms with Gasteiger partial charge in [-0.25, -0.2) is 0 Å². The van der Waals surface area contributed by atoms with Gasteiger partial charge in [-0.15, -0.1) is 0 Å². The predicted molar refractivity (Wildman–Crippen MR) is 92.4 cm³/mol. The number of carbonyl (C=O) groups excluding carboxylic acids is 2. The van der Waals surface area contributed by atoms with Crippen LogP contribution in [0, 0.1) is 5.92 Å². The van der Waals surface area contributed by atoms with Crippen LogP contribution in [0.1, 0.15) is 12.0 Å². The predicted octanol–water partition coefficient (Wildman–Crippen LogP) is 2.77. The van der Waals surface area contributed by atoms with Gasteiger partial charge in [0.1, 0.15) is 17.5 Å². The molecule has 2 rings (SSSR count). The minimum absolute atomic E-state index is 0.166. The molecule has 2 atom stereocenters. The van der Waals surface area contributed by atoms with Crippen molar-refractivity contribution in [2.24, 2.45) is 5.92 Å². The zero-order valence-electron chi connectivity index (χ0n) is 12.4. The zero-order valence-corrected chi connectivity index (χ0v) is 15.6. The highest BCUT2D eigenvalue weighted by atomic mass is 79.9. The summed E-state index contributed by atoms with van der Waals surface area (Å²) in [7, 11) is 9.17. The lowest BCUT2D eigenvalue weighted by molar-refractivity contribution is -0.138. The van der Waals surface area contributed by atoms with E-state index in [0.717, 1.165) is 14.5 Å². The third kappa shape index (κ3) is 3.57. The van der Waals surface area contributed by atoms with Gasteiger partial charge in [0, 0.05) is 13.6 Å². The molecule has 0 spiro atoms. The maximum absolute atomic E-state index is 12.4. The molecule has 22 heavy (non-hydrogen) atoms. The number of halogens is 2. The second kappa shape index (κ2) is 7.17. The van der Waals surface area contributed by atoms with Crippen LogP contribution in [0.15, 0.2) is 21.1 Å². The van der Waals surface area contributed by atoms with Gasteiger partial charge in [0.05, 0.1) is 23.9 Å². The molecular weight excluding hydrogens is 413 g/mol. The summed E-state index contributed by atoms with van der Waals surface area (Å²) >= 11 is 6.86. The summed E-state index contributed by atoms with van der Waals surface area (Å²) in [6.07, 6.45) is 0.838. The number of benzene rings is 1. The highest BCUT2D eigenvalue weighted by Crippen LogP contribution is 2.35. The first-order chi connectivity index (χ1) is 10.3. The lowest BCUT2D eigenvalue weighted by Gasteiger charge is -2.20. The van der Waals surface area contributed by atoms with Crippen LogP contribution >= 0.6 is 31.9 Å². The summed E-state index contributed by atoms with van der Waals surface area (Å²) in [4.78, 5) is 26.4. The van der Waals surface area contributed by atoms with E-state index in [1.165, 1.54) is 0 Å². The van der Waals surface area contributed by atoms with Crippen molar-refractivity contribution < 1.29 is 14.3 Å². The molecule has 1 heterocycles. The third-order valence-corrected chi connectivity index (χ3v) is 5.04. The first kappa shape index (κ1) is 17.5. The Kier molecular flexibility index (Phi) is 5.72. The lowest BCUT2D eigenvalue weighted by Crippen LogP contribution is -2.36. The van der Waals surface area contributed by atoms with E-state index in [1.807, 2.05) is 12.1 Å². The molecular formula is C15H16BBr2NO3. The largest absolute Gasteiger partial charge is 0.494 e. The highest BCUT2D eigenvalue weighted by Gasteiger charge is 2.35. The molecule has 2 unspecified atom stereocenters. The first-order valence-electron chi connectivity index (χ1n) is 6.91. The third-order valence-electron chi connectivity index (χ3n) is 3.86. The number of hydrogen-bond acceptors (Lipinski definition) is 3. The van der Waals surface area contributed by atoms with Crippen LogP contribution in [0.3, 0.4) is 0 Å². The van der Waals surface area contributed by atoms with Crippen LogP contribution < -0.4 is 4.74 Å². The number of ketones is 1. The monoisotopic (exact) mass is 427 g/mol. The number of nitrogens with zero attached hydrogens (tertiary/aromatic N) is 1. The number of amides is 1. The van der Waals surface area contributed by atoms with Gasteiger partial charge in [0.2, 0.25) is 5.91 Å². The van der Waals surface area contributed by atoms with Gasteiger partial charge in [-0.05, 0) is 68.2 Å². The Morgan fingerprint density at radius 3 is 2.45 bits per heavy atom. The van der Waals surface area contributed by atoms with Crippen molar-refractivity contribution in [1.29, 1.82) is 0 Å². The van der Waals surface area contributed by atoms with Crippen LogP contribution in [0.25, 0.3) is 0 Å². The van der Waals surface area contributed by atoms with Crippen molar-refractivity contribution >= 4 is 51.4 Å². The molecule has 0 bridgehead atoms. The number of rotatable bonds is 3. The van der Waals surface area contributed by atoms with Gasteiger partial charge in [0.15, 0.2) is 0 Å². The standard InChI is InChI=1S/C15H16BBr2NO3/c1-19-4-3-10(16)13(20)9(15(19)21)5-8-6-11(17)14(22-2)12(18)7-8/h6-7,9-10H,3-5H2,1-2H3. The Labute approximate surface area is 148 Å². The smallest absolute Gasteiger partial charge is 0.233 e. The Hall–Kier alpha value is -0.815. The summed E-state index contributed by atoms with van der Waals surface area (Å²) in [5.74, 6) is -0.978. The summed E-state index contributed by atoms with van der Waals surface area (Å²) in [6.45, 7) is 0.512. The number of likely N-dealkylation sites (tertiary alicyclic amines) is 1. The summed E-state index contributed by atoms with van der Waals surface area (Å²) in [6, 6.07) is 3.72. The minimum atomic E-state index is -0.727. The molecule has 4 nitrogen and oxygen atoms in total. The molecule has 7 heteroatoms. The van der Waals surface area contributed by atoms with E-state index >= 15 is 0 Å². The Bertz CT molecular complexity index is 563. The van der Waals surface area contributed by atoms with E-state index in [1.54, 1.807) is 19.1 Å². The first-order valence-corrected chi connectivity index (χ1v) is 8.50. The number of ether oxygens (including phenoxy) is 1. The van der Waals surface area contributed by atoms with Gasteiger partial charge in [-0.1, -0.05) is 0 Å². The fourth-order valence-electron chi connectivity index (χ4n) is 2.58. The highest BCUT2D eigenvalue weighted by molar-refractivity contribution is 9.11. The van der Waals surface area contributed by atoms with E-state index in [4.69, 9.17) is 12.6 Å². The molecule has 2 radical (unpaired) electrons. The molecule has 0 N–H and O–H groups in total. The van der Waals surface area contributed by atoms with Crippen LogP contribution in [0.5, 0.6) is 5.75 Å². The fraction of sp³-hybridized carbons (Fsp3) is 0.467. The quantitative estimate of drug-likeness (QED) is 0.549. The molecule has 1 amide bonds. The lowest BCUT2D eigenvalue weighted by atomic mass is 9.76. The molecule has 1 aromatic rings. The normalized spacial score (nSPS) is 22.6. The van der Waals surface area contributed by atoms with Crippen LogP contribution in [0.2, 0.25) is 5.82 Å². The Balaban J connectivity index is 2.31. The van der Waals surface area contributed by atoms with Crippen LogP contribution in [-0.4, -0.2) is 45.1 Å². The second-order valence-electron chi connectivity index (χ2n) is 5.41. The molecule has 1 aliphatic heterocycles. The molecule has 1 fully saturated rings. The van der Waals surface area contributed by atoms with Crippen LogP contribution in [0.4, 0.5) is 0 Å². The maximum atomic E-state index is 12.4. The number of methoxy groups -OCH3 is 1. The van der Waals surface area contributed by atoms with E-state index in [0.29, 0.717) is 25.1 Å². The Morgan fingerprint density at radius 2 is 1.91 bits per heavy atom. The van der Waals surface area contributed by atoms with Crippen molar-refractivity contribution in [3.8, 4) is 5.75 Å². The van der Waals surface area contributed by atoms with Crippen LogP contribution in [-0.2, 0) is 16.0 Å². The summed E-state index contributed by atoms with van der Waals surface area (Å²) in [5.41, 5.74) is 0.869. The van der Waals surface area contributed by atoms with Gasteiger partial charge >= 0.3 is 0 Å². The van der Waals surface area contributed by atoms with Crippen molar-refractivity contribution in [2.75, 3.05) is 20.7 Å². The summed E-state index contributed by atoms with van der Waals surface area (Å²) in [5, 5.41) is 0. The molecule has 1 aliphatic rings. The zero-order chi connectivity index (χ0) is 16.4. The molecule has 1 aromatic carbocycles. The van der Waals surface area contributed by atoms with E-state index in [2.05, 4.69) is 31.9 Å². The number of Topliss-reactive ketones (excluding diaryl/α,β-unsaturated/α-hetero) is 1. The molecule has 1 saturated heterocycles. The van der Waals surface area contributed by atoms with Crippen molar-refractivity contribution in [3.05, 3.63) is 26.6 Å². The van der Waals surface area contributed by atoms with Crippen molar-refractivity contribution in [1.82, 2.24) is 4.90 Å². The topological polar surface area (TPSA) is 46.6 Å². The SMILES string of the molecule is [B]C1CCN(C)C(=O)C(Cc2cc(Br)c(OC)c(Br)c2)C1=O. The maximum Gasteiger partial charge on any atom is 0.233 e. The minimum Gasteiger partial charge on any atom is -0.494 e. The summed E-state index contributed by atoms with van der Waals surface area (Å²) < 4.78 is 6.80. The molecule has 0 saturated carbocycles. The van der Waals surface area contributed by atoms with E-state index < -0.39 is 11.7 Å². The average molecular weight is 429 g/mol. The van der Waals surface area contributed by atoms with Gasteiger partial charge in [-0.3, -0.25) is 9.59 Å². The van der Waals surface area contributed by atoms with Gasteiger partial charge in [-0.2, -0.15) is 0 Å². The molecule has 116 valence electrons. The number of hydrogen-bond donors (Lipinski definition) is 0. The van der Waals surface area contributed by atoms with Gasteiger partial charge < -0.3 is 9.64 Å². The number of carbonyl (C=O) groups is 2. The molecule has 0 aromatic heterocycles. The average Bonchev–Trinajstić information content (AvgIpc) is 2.55. The van der Waals surface area contributed by atoms with Gasteiger partial charge in [0.25, 0.3) is 0 Å². The molecule has 0 aliphatic carbocycles.